The zero-order chi connectivity index (χ0) is 16.2. The molecule has 0 aliphatic heterocycles. The van der Waals surface area contributed by atoms with Crippen molar-refractivity contribution in [2.75, 3.05) is 6.54 Å². The first-order valence-electron chi connectivity index (χ1n) is 7.37. The Kier molecular flexibility index (Phi) is 39.8. The number of aliphatic hydroxyl groups excluding tert-OH is 2. The largest absolute Gasteiger partial charge is 0.487 e. The molecule has 21 heavy (non-hydrogen) atoms. The molecular formula is C14H32CdN2O2S2. The van der Waals surface area contributed by atoms with Crippen molar-refractivity contribution >= 4 is 34.8 Å². The van der Waals surface area contributed by atoms with Crippen molar-refractivity contribution in [1.82, 2.24) is 5.32 Å². The van der Waals surface area contributed by atoms with Gasteiger partial charge in [0.25, 0.3) is 10.3 Å². The van der Waals surface area contributed by atoms with Gasteiger partial charge in [-0.3, -0.25) is 0 Å². The Bertz CT molecular complexity index is 211. The van der Waals surface area contributed by atoms with Crippen LogP contribution in [-0.4, -0.2) is 27.1 Å². The number of hydrogen-bond acceptors (Lipinski definition) is 2. The van der Waals surface area contributed by atoms with Crippen LogP contribution in [0.1, 0.15) is 72.1 Å². The SMILES string of the molecule is CCCCCCCC.CCCCNC(O)=S.NC(O)=S.[Cd]. The average molecular weight is 437 g/mol. The van der Waals surface area contributed by atoms with Gasteiger partial charge in [0, 0.05) is 33.8 Å². The van der Waals surface area contributed by atoms with Crippen molar-refractivity contribution in [2.24, 2.45) is 5.73 Å². The monoisotopic (exact) mass is 438 g/mol. The van der Waals surface area contributed by atoms with Gasteiger partial charge in [-0.15, -0.1) is 0 Å². The fourth-order valence-electron chi connectivity index (χ4n) is 1.23. The summed E-state index contributed by atoms with van der Waals surface area (Å²) in [4.78, 5) is 0. The van der Waals surface area contributed by atoms with Crippen molar-refractivity contribution < 1.29 is 37.5 Å². The number of hydrogen-bond donors (Lipinski definition) is 4. The summed E-state index contributed by atoms with van der Waals surface area (Å²) < 4.78 is 0. The predicted octanol–water partition coefficient (Wildman–Crippen LogP) is 4.37. The fourth-order valence-corrected chi connectivity index (χ4v) is 1.33. The summed E-state index contributed by atoms with van der Waals surface area (Å²) >= 11 is 8.22. The summed E-state index contributed by atoms with van der Waals surface area (Å²) in [7, 11) is 0. The standard InChI is InChI=1S/C8H18.C5H11NOS.CH3NOS.Cd/c1-3-5-7-8-6-4-2;1-2-3-4-6-5(7)8;2-1(3)4;/h3-8H2,1-2H3;2-4H2,1H3,(H2,6,7,8);(H3,2,3,4);. The molecule has 0 aromatic rings. The molecule has 0 radical (unpaired) electrons. The van der Waals surface area contributed by atoms with E-state index < -0.39 is 5.17 Å². The molecule has 0 atom stereocenters. The summed E-state index contributed by atoms with van der Waals surface area (Å²) in [6.07, 6.45) is 10.7. The van der Waals surface area contributed by atoms with Gasteiger partial charge in [0.15, 0.2) is 0 Å². The topological polar surface area (TPSA) is 78.5 Å². The van der Waals surface area contributed by atoms with Gasteiger partial charge in [-0.25, -0.2) is 0 Å². The molecule has 0 aromatic carbocycles. The van der Waals surface area contributed by atoms with Crippen LogP contribution in [0.4, 0.5) is 0 Å². The van der Waals surface area contributed by atoms with Crippen molar-refractivity contribution in [3.05, 3.63) is 0 Å². The molecular weight excluding hydrogens is 405 g/mol. The molecule has 0 heterocycles. The van der Waals surface area contributed by atoms with Gasteiger partial charge >= 0.3 is 0 Å². The van der Waals surface area contributed by atoms with Crippen molar-refractivity contribution in [1.29, 1.82) is 0 Å². The fraction of sp³-hybridized carbons (Fsp3) is 0.857. The number of aliphatic hydroxyl groups is 2. The van der Waals surface area contributed by atoms with Gasteiger partial charge in [-0.2, -0.15) is 0 Å². The van der Waals surface area contributed by atoms with E-state index in [1.54, 1.807) is 0 Å². The molecule has 7 heteroatoms. The van der Waals surface area contributed by atoms with E-state index in [9.17, 15) is 0 Å². The van der Waals surface area contributed by atoms with Gasteiger partial charge in [-0.1, -0.05) is 65.7 Å². The smallest absolute Gasteiger partial charge is 0.254 e. The molecule has 0 aliphatic carbocycles. The quantitative estimate of drug-likeness (QED) is 0.257. The number of unbranched alkanes of at least 4 members (excludes halogenated alkanes) is 6. The summed E-state index contributed by atoms with van der Waals surface area (Å²) in [6, 6.07) is 0. The maximum Gasteiger partial charge on any atom is 0.254 e. The molecule has 124 valence electrons. The van der Waals surface area contributed by atoms with E-state index in [4.69, 9.17) is 10.2 Å². The van der Waals surface area contributed by atoms with Crippen LogP contribution < -0.4 is 11.1 Å². The van der Waals surface area contributed by atoms with E-state index in [0.29, 0.717) is 0 Å². The Morgan fingerprint density at radius 3 is 1.43 bits per heavy atom. The molecule has 0 aliphatic rings. The predicted molar refractivity (Wildman–Crippen MR) is 96.6 cm³/mol. The van der Waals surface area contributed by atoms with Crippen LogP contribution in [0.15, 0.2) is 0 Å². The third-order valence-electron chi connectivity index (χ3n) is 2.26. The van der Waals surface area contributed by atoms with Crippen molar-refractivity contribution in [2.45, 2.75) is 72.1 Å². The van der Waals surface area contributed by atoms with Crippen LogP contribution >= 0.6 is 24.4 Å². The van der Waals surface area contributed by atoms with Crippen LogP contribution in [0.5, 0.6) is 0 Å². The van der Waals surface area contributed by atoms with Gasteiger partial charge < -0.3 is 21.3 Å². The molecule has 0 amide bonds. The molecule has 0 saturated heterocycles. The molecule has 0 spiro atoms. The molecule has 0 unspecified atom stereocenters. The minimum Gasteiger partial charge on any atom is -0.487 e. The molecule has 5 N–H and O–H groups in total. The first-order chi connectivity index (χ1) is 9.42. The number of nitrogens with one attached hydrogen (secondary N) is 1. The first-order valence-corrected chi connectivity index (χ1v) is 8.19. The van der Waals surface area contributed by atoms with Crippen LogP contribution in [0.3, 0.4) is 0 Å². The van der Waals surface area contributed by atoms with E-state index in [1.807, 2.05) is 0 Å². The van der Waals surface area contributed by atoms with Crippen molar-refractivity contribution in [3.8, 4) is 0 Å². The second-order valence-electron chi connectivity index (χ2n) is 4.34. The normalized spacial score (nSPS) is 8.14. The van der Waals surface area contributed by atoms with E-state index in [2.05, 4.69) is 56.3 Å². The Morgan fingerprint density at radius 1 is 0.857 bits per heavy atom. The van der Waals surface area contributed by atoms with E-state index in [1.165, 1.54) is 38.5 Å². The van der Waals surface area contributed by atoms with Crippen molar-refractivity contribution in [3.63, 3.8) is 0 Å². The molecule has 0 bridgehead atoms. The minimum absolute atomic E-state index is 0. The van der Waals surface area contributed by atoms with Crippen LogP contribution in [0.25, 0.3) is 0 Å². The summed E-state index contributed by atoms with van der Waals surface area (Å²) in [5.41, 5.74) is 4.40. The number of thiocarbonyl (C=S) groups is 2. The van der Waals surface area contributed by atoms with Crippen LogP contribution in [0.2, 0.25) is 0 Å². The van der Waals surface area contributed by atoms with Gasteiger partial charge in [0.2, 0.25) is 0 Å². The van der Waals surface area contributed by atoms with E-state index in [-0.39, 0.29) is 32.5 Å². The Labute approximate surface area is 161 Å². The van der Waals surface area contributed by atoms with Gasteiger partial charge in [-0.05, 0) is 30.9 Å². The Morgan fingerprint density at radius 2 is 1.19 bits per heavy atom. The maximum absolute atomic E-state index is 8.40. The first kappa shape index (κ1) is 29.3. The summed E-state index contributed by atoms with van der Waals surface area (Å²) in [6.45, 7) is 7.38. The van der Waals surface area contributed by atoms with Crippen LogP contribution in [-0.2, 0) is 27.3 Å². The molecule has 0 fully saturated rings. The zero-order valence-corrected chi connectivity index (χ0v) is 19.5. The maximum atomic E-state index is 8.40. The van der Waals surface area contributed by atoms with Gasteiger partial charge in [0.05, 0.1) is 0 Å². The third kappa shape index (κ3) is 64.1. The number of nitrogens with two attached hydrogens (primary N) is 1. The average Bonchev–Trinajstić information content (AvgIpc) is 2.35. The van der Waals surface area contributed by atoms with Crippen LogP contribution in [0, 0.1) is 0 Å². The van der Waals surface area contributed by atoms with Gasteiger partial charge in [0.1, 0.15) is 0 Å². The molecule has 4 nitrogen and oxygen atoms in total. The zero-order valence-electron chi connectivity index (χ0n) is 13.9. The summed E-state index contributed by atoms with van der Waals surface area (Å²) in [5.74, 6) is 0. The molecule has 0 saturated carbocycles. The molecule has 0 aromatic heterocycles. The molecule has 0 rings (SSSR count). The Hall–Kier alpha value is 0.302. The number of rotatable bonds is 8. The summed E-state index contributed by atoms with van der Waals surface area (Å²) in [5, 5.41) is 18.0. The second-order valence-corrected chi connectivity index (χ2v) is 5.14. The van der Waals surface area contributed by atoms with E-state index in [0.717, 1.165) is 19.4 Å². The third-order valence-corrected chi connectivity index (χ3v) is 2.41. The second kappa shape index (κ2) is 28.5. The Balaban J connectivity index is -0.000000107. The minimum atomic E-state index is -0.500. The van der Waals surface area contributed by atoms with E-state index >= 15 is 0 Å².